The first-order chi connectivity index (χ1) is 19.6. The van der Waals surface area contributed by atoms with Crippen molar-refractivity contribution < 1.29 is 22.7 Å². The van der Waals surface area contributed by atoms with Crippen molar-refractivity contribution in [3.05, 3.63) is 94.0 Å². The molecule has 8 nitrogen and oxygen atoms in total. The Morgan fingerprint density at radius 3 is 2.56 bits per heavy atom. The SMILES string of the molecule is Cc1c(C(=O)NCc2cnc(-c3ccc(OCCCN(C)C)cc3)s2)ccc2c1CC(=O)c1ccccc1S2(=O)=O. The fraction of sp³-hybridized carbons (Fsp3) is 0.258. The summed E-state index contributed by atoms with van der Waals surface area (Å²) < 4.78 is 32.5. The van der Waals surface area contributed by atoms with Crippen LogP contribution in [-0.4, -0.2) is 57.2 Å². The Labute approximate surface area is 243 Å². The van der Waals surface area contributed by atoms with Gasteiger partial charge in [0.15, 0.2) is 5.78 Å². The summed E-state index contributed by atoms with van der Waals surface area (Å²) >= 11 is 1.48. The first-order valence-electron chi connectivity index (χ1n) is 13.3. The van der Waals surface area contributed by atoms with Crippen molar-refractivity contribution >= 4 is 32.9 Å². The van der Waals surface area contributed by atoms with Crippen LogP contribution in [0.4, 0.5) is 0 Å². The fourth-order valence-electron chi connectivity index (χ4n) is 4.80. The molecule has 0 bridgehead atoms. The zero-order valence-electron chi connectivity index (χ0n) is 23.1. The lowest BCUT2D eigenvalue weighted by Crippen LogP contribution is -2.24. The highest BCUT2D eigenvalue weighted by Gasteiger charge is 2.33. The third-order valence-electron chi connectivity index (χ3n) is 7.00. The van der Waals surface area contributed by atoms with E-state index in [1.165, 1.54) is 35.6 Å². The van der Waals surface area contributed by atoms with E-state index in [1.54, 1.807) is 25.3 Å². The van der Waals surface area contributed by atoms with E-state index in [-0.39, 0.29) is 40.0 Å². The molecule has 4 aromatic rings. The van der Waals surface area contributed by atoms with Crippen LogP contribution in [-0.2, 0) is 22.8 Å². The predicted octanol–water partition coefficient (Wildman–Crippen LogP) is 4.95. The summed E-state index contributed by atoms with van der Waals surface area (Å²) in [7, 11) is 0.179. The van der Waals surface area contributed by atoms with Gasteiger partial charge in [0.25, 0.3) is 5.91 Å². The molecule has 0 saturated heterocycles. The maximum atomic E-state index is 13.4. The first-order valence-corrected chi connectivity index (χ1v) is 15.6. The van der Waals surface area contributed by atoms with Gasteiger partial charge in [-0.2, -0.15) is 0 Å². The number of nitrogens with one attached hydrogen (secondary N) is 1. The Balaban J connectivity index is 1.26. The highest BCUT2D eigenvalue weighted by Crippen LogP contribution is 2.34. The summed E-state index contributed by atoms with van der Waals surface area (Å²) in [4.78, 5) is 33.7. The lowest BCUT2D eigenvalue weighted by Gasteiger charge is -2.14. The number of hydrogen-bond acceptors (Lipinski definition) is 8. The predicted molar refractivity (Wildman–Crippen MR) is 158 cm³/mol. The molecule has 41 heavy (non-hydrogen) atoms. The zero-order valence-corrected chi connectivity index (χ0v) is 24.8. The molecule has 0 fully saturated rings. The van der Waals surface area contributed by atoms with Crippen LogP contribution >= 0.6 is 11.3 Å². The number of ketones is 1. The molecule has 10 heteroatoms. The molecule has 0 spiro atoms. The molecule has 0 saturated carbocycles. The number of benzene rings is 3. The molecule has 0 atom stereocenters. The van der Waals surface area contributed by atoms with E-state index in [2.05, 4.69) is 15.2 Å². The monoisotopic (exact) mass is 589 g/mol. The van der Waals surface area contributed by atoms with Crippen molar-refractivity contribution in [2.24, 2.45) is 0 Å². The molecule has 1 amide bonds. The zero-order chi connectivity index (χ0) is 29.1. The molecule has 0 unspecified atom stereocenters. The molecule has 5 rings (SSSR count). The minimum absolute atomic E-state index is 0.00326. The quantitative estimate of drug-likeness (QED) is 0.276. The second kappa shape index (κ2) is 11.9. The molecule has 0 radical (unpaired) electrons. The van der Waals surface area contributed by atoms with Gasteiger partial charge in [0.2, 0.25) is 9.84 Å². The van der Waals surface area contributed by atoms with Gasteiger partial charge in [-0.15, -0.1) is 11.3 Å². The van der Waals surface area contributed by atoms with Crippen LogP contribution in [0, 0.1) is 6.92 Å². The standard InChI is InChI=1S/C31H31N3O5S2/c1-20-24(13-14-29-26(20)17-27(35)25-7-4-5-8-28(25)41(29,37)38)30(36)32-18-23-19-33-31(40-23)21-9-11-22(12-10-21)39-16-6-15-34(2)3/h4-5,7-14,19H,6,15-18H2,1-3H3,(H,32,36). The van der Waals surface area contributed by atoms with Crippen molar-refractivity contribution in [1.82, 2.24) is 15.2 Å². The Bertz CT molecular complexity index is 1710. The van der Waals surface area contributed by atoms with E-state index in [0.29, 0.717) is 23.3 Å². The molecule has 212 valence electrons. The van der Waals surface area contributed by atoms with Gasteiger partial charge in [-0.05, 0) is 81.0 Å². The largest absolute Gasteiger partial charge is 0.494 e. The lowest BCUT2D eigenvalue weighted by molar-refractivity contribution is 0.0947. The lowest BCUT2D eigenvalue weighted by atomic mass is 9.96. The number of rotatable bonds is 9. The third kappa shape index (κ3) is 6.09. The van der Waals surface area contributed by atoms with Crippen molar-refractivity contribution in [3.8, 4) is 16.3 Å². The first kappa shape index (κ1) is 28.7. The number of ether oxygens (including phenoxy) is 1. The van der Waals surface area contributed by atoms with Crippen LogP contribution in [0.3, 0.4) is 0 Å². The molecule has 1 N–H and O–H groups in total. The van der Waals surface area contributed by atoms with Crippen LogP contribution in [0.15, 0.2) is 76.7 Å². The summed E-state index contributed by atoms with van der Waals surface area (Å²) in [6.45, 7) is 3.58. The summed E-state index contributed by atoms with van der Waals surface area (Å²) in [5.41, 5.74) is 2.32. The highest BCUT2D eigenvalue weighted by molar-refractivity contribution is 7.91. The number of carbonyl (C=O) groups excluding carboxylic acids is 2. The topological polar surface area (TPSA) is 106 Å². The number of hydrogen-bond donors (Lipinski definition) is 1. The van der Waals surface area contributed by atoms with Crippen molar-refractivity contribution in [2.45, 2.75) is 36.1 Å². The normalized spacial score (nSPS) is 13.8. The van der Waals surface area contributed by atoms with E-state index < -0.39 is 9.84 Å². The van der Waals surface area contributed by atoms with Gasteiger partial charge >= 0.3 is 0 Å². The number of amides is 1. The Kier molecular flexibility index (Phi) is 8.35. The van der Waals surface area contributed by atoms with Gasteiger partial charge in [0.05, 0.1) is 22.9 Å². The number of fused-ring (bicyclic) bond motifs is 2. The van der Waals surface area contributed by atoms with Crippen LogP contribution in [0.1, 0.15) is 43.1 Å². The van der Waals surface area contributed by atoms with Crippen molar-refractivity contribution in [2.75, 3.05) is 27.2 Å². The Morgan fingerprint density at radius 1 is 1.05 bits per heavy atom. The summed E-state index contributed by atoms with van der Waals surface area (Å²) in [5, 5.41) is 3.74. The third-order valence-corrected chi connectivity index (χ3v) is 9.94. The van der Waals surface area contributed by atoms with Crippen LogP contribution in [0.2, 0.25) is 0 Å². The van der Waals surface area contributed by atoms with Gasteiger partial charge in [0.1, 0.15) is 10.8 Å². The van der Waals surface area contributed by atoms with Crippen LogP contribution in [0.5, 0.6) is 5.75 Å². The van der Waals surface area contributed by atoms with Gasteiger partial charge in [-0.25, -0.2) is 13.4 Å². The van der Waals surface area contributed by atoms with E-state index in [1.807, 2.05) is 38.4 Å². The Hall–Kier alpha value is -3.86. The maximum Gasteiger partial charge on any atom is 0.251 e. The number of Topliss-reactive ketones (excluding diaryl/α,β-unsaturated/α-hetero) is 1. The molecule has 0 aliphatic carbocycles. The average Bonchev–Trinajstić information content (AvgIpc) is 3.41. The maximum absolute atomic E-state index is 13.4. The molecule has 1 aromatic heterocycles. The average molecular weight is 590 g/mol. The molecule has 1 aliphatic heterocycles. The van der Waals surface area contributed by atoms with Crippen LogP contribution < -0.4 is 10.1 Å². The number of thiazole rings is 1. The van der Waals surface area contributed by atoms with Crippen molar-refractivity contribution in [1.29, 1.82) is 0 Å². The van der Waals surface area contributed by atoms with E-state index >= 15 is 0 Å². The number of nitrogens with zero attached hydrogens (tertiary/aromatic N) is 2. The smallest absolute Gasteiger partial charge is 0.251 e. The minimum atomic E-state index is -3.90. The van der Waals surface area contributed by atoms with E-state index in [4.69, 9.17) is 4.74 Å². The molecular formula is C31H31N3O5S2. The second-order valence-electron chi connectivity index (χ2n) is 10.2. The fourth-order valence-corrected chi connectivity index (χ4v) is 7.43. The molecule has 3 aromatic carbocycles. The summed E-state index contributed by atoms with van der Waals surface area (Å²) in [6, 6.07) is 17.0. The number of carbonyl (C=O) groups is 2. The highest BCUT2D eigenvalue weighted by atomic mass is 32.2. The van der Waals surface area contributed by atoms with E-state index in [9.17, 15) is 18.0 Å². The summed E-state index contributed by atoms with van der Waals surface area (Å²) in [5.74, 6) is 0.179. The Morgan fingerprint density at radius 2 is 1.80 bits per heavy atom. The second-order valence-corrected chi connectivity index (χ2v) is 13.2. The van der Waals surface area contributed by atoms with Crippen LogP contribution in [0.25, 0.3) is 10.6 Å². The van der Waals surface area contributed by atoms with Gasteiger partial charge in [-0.3, -0.25) is 9.59 Å². The molecule has 2 heterocycles. The number of sulfone groups is 1. The van der Waals surface area contributed by atoms with Crippen molar-refractivity contribution in [3.63, 3.8) is 0 Å². The molecule has 1 aliphatic rings. The van der Waals surface area contributed by atoms with Gasteiger partial charge < -0.3 is 15.0 Å². The number of aromatic nitrogens is 1. The van der Waals surface area contributed by atoms with E-state index in [0.717, 1.165) is 34.2 Å². The minimum Gasteiger partial charge on any atom is -0.494 e. The van der Waals surface area contributed by atoms with Gasteiger partial charge in [-0.1, -0.05) is 18.2 Å². The molecular weight excluding hydrogens is 558 g/mol. The van der Waals surface area contributed by atoms with Gasteiger partial charge in [0, 0.05) is 40.7 Å². The summed E-state index contributed by atoms with van der Waals surface area (Å²) in [6.07, 6.45) is 2.60.